The molecule has 4 rings (SSSR count). The van der Waals surface area contributed by atoms with Gasteiger partial charge in [-0.1, -0.05) is 17.7 Å². The van der Waals surface area contributed by atoms with E-state index in [0.29, 0.717) is 56.5 Å². The number of nitro benzene ring substituents is 1. The van der Waals surface area contributed by atoms with Crippen LogP contribution in [0.4, 0.5) is 17.1 Å². The molecule has 2 N–H and O–H groups in total. The van der Waals surface area contributed by atoms with E-state index in [1.54, 1.807) is 31.2 Å². The fourth-order valence-electron chi connectivity index (χ4n) is 4.02. The van der Waals surface area contributed by atoms with E-state index in [4.69, 9.17) is 33.3 Å². The average Bonchev–Trinajstić information content (AvgIpc) is 2.92. The Kier molecular flexibility index (Phi) is 9.12. The lowest BCUT2D eigenvalue weighted by molar-refractivity contribution is -0.384. The van der Waals surface area contributed by atoms with Gasteiger partial charge in [0.05, 0.1) is 53.3 Å². The summed E-state index contributed by atoms with van der Waals surface area (Å²) in [5, 5.41) is 18.6. The zero-order chi connectivity index (χ0) is 27.3. The minimum Gasteiger partial charge on any atom is -0.379 e. The van der Waals surface area contributed by atoms with Crippen molar-refractivity contribution in [3.8, 4) is 0 Å². The highest BCUT2D eigenvalue weighted by Gasteiger charge is 2.28. The fraction of sp³-hybridized carbons (Fsp3) is 0.391. The third-order valence-electron chi connectivity index (χ3n) is 6.06. The first-order valence-corrected chi connectivity index (χ1v) is 14.0. The first-order chi connectivity index (χ1) is 18.2. The van der Waals surface area contributed by atoms with Gasteiger partial charge in [0.15, 0.2) is 5.11 Å². The van der Waals surface area contributed by atoms with Gasteiger partial charge < -0.3 is 19.7 Å². The van der Waals surface area contributed by atoms with Crippen LogP contribution in [0.5, 0.6) is 0 Å². The number of thiocarbonyl (C=S) groups is 1. The molecule has 2 aromatic carbocycles. The van der Waals surface area contributed by atoms with E-state index in [2.05, 4.69) is 20.7 Å². The maximum Gasteiger partial charge on any atom is 0.288 e. The summed E-state index contributed by atoms with van der Waals surface area (Å²) in [5.74, 6) is 0. The highest BCUT2D eigenvalue weighted by atomic mass is 35.5. The molecule has 0 spiro atoms. The molecule has 2 aromatic rings. The van der Waals surface area contributed by atoms with Gasteiger partial charge in [0.25, 0.3) is 5.69 Å². The summed E-state index contributed by atoms with van der Waals surface area (Å²) in [7, 11) is -3.73. The molecule has 38 heavy (non-hydrogen) atoms. The molecule has 2 saturated heterocycles. The zero-order valence-corrected chi connectivity index (χ0v) is 22.9. The lowest BCUT2D eigenvalue weighted by atomic mass is 10.1. The Balaban J connectivity index is 1.57. The largest absolute Gasteiger partial charge is 0.379 e. The minimum absolute atomic E-state index is 0.0271. The van der Waals surface area contributed by atoms with Crippen molar-refractivity contribution in [1.82, 2.24) is 9.73 Å². The van der Waals surface area contributed by atoms with Crippen molar-refractivity contribution in [2.24, 2.45) is 5.10 Å². The van der Waals surface area contributed by atoms with Crippen molar-refractivity contribution < 1.29 is 22.8 Å². The van der Waals surface area contributed by atoms with Crippen LogP contribution >= 0.6 is 23.8 Å². The molecular weight excluding hydrogens is 556 g/mol. The normalized spacial score (nSPS) is 17.2. The number of halogens is 1. The van der Waals surface area contributed by atoms with Crippen LogP contribution in [0.1, 0.15) is 12.5 Å². The number of hydrogen-bond acceptors (Lipinski definition) is 9. The van der Waals surface area contributed by atoms with Gasteiger partial charge in [0, 0.05) is 37.8 Å². The second-order valence-electron chi connectivity index (χ2n) is 8.48. The van der Waals surface area contributed by atoms with Crippen LogP contribution in [0, 0.1) is 10.1 Å². The number of nitro groups is 1. The number of anilines is 2. The molecule has 2 fully saturated rings. The van der Waals surface area contributed by atoms with Crippen LogP contribution in [0.2, 0.25) is 5.02 Å². The second-order valence-corrected chi connectivity index (χ2v) is 11.2. The van der Waals surface area contributed by atoms with E-state index in [-0.39, 0.29) is 33.8 Å². The number of benzene rings is 2. The third kappa shape index (κ3) is 6.57. The summed E-state index contributed by atoms with van der Waals surface area (Å²) in [6.07, 6.45) is 0. The summed E-state index contributed by atoms with van der Waals surface area (Å²) in [6, 6.07) is 9.28. The Morgan fingerprint density at radius 1 is 1.08 bits per heavy atom. The minimum atomic E-state index is -3.73. The average molecular weight is 583 g/mol. The molecule has 0 atom stereocenters. The molecule has 0 aliphatic carbocycles. The molecule has 2 aliphatic rings. The first kappa shape index (κ1) is 28.1. The van der Waals surface area contributed by atoms with Crippen molar-refractivity contribution in [2.45, 2.75) is 11.8 Å². The number of ether oxygens (including phenoxy) is 2. The van der Waals surface area contributed by atoms with E-state index < -0.39 is 14.9 Å². The van der Waals surface area contributed by atoms with Gasteiger partial charge in [-0.25, -0.2) is 8.42 Å². The van der Waals surface area contributed by atoms with Gasteiger partial charge in [-0.05, 0) is 43.4 Å². The summed E-state index contributed by atoms with van der Waals surface area (Å²) in [4.78, 5) is 12.9. The van der Waals surface area contributed by atoms with Crippen molar-refractivity contribution in [1.29, 1.82) is 0 Å². The van der Waals surface area contributed by atoms with Crippen LogP contribution in [0.15, 0.2) is 46.4 Å². The summed E-state index contributed by atoms with van der Waals surface area (Å²) in [6.45, 7) is 5.29. The van der Waals surface area contributed by atoms with Crippen molar-refractivity contribution in [3.05, 3.63) is 57.1 Å². The number of hydrazone groups is 1. The Hall–Kier alpha value is -2.88. The monoisotopic (exact) mass is 582 g/mol. The van der Waals surface area contributed by atoms with Gasteiger partial charge in [0.2, 0.25) is 10.0 Å². The molecule has 12 nitrogen and oxygen atoms in total. The Morgan fingerprint density at radius 2 is 1.74 bits per heavy atom. The second kappa shape index (κ2) is 12.3. The molecule has 0 aromatic heterocycles. The number of nitrogens with one attached hydrogen (secondary N) is 2. The molecule has 2 heterocycles. The molecule has 0 saturated carbocycles. The van der Waals surface area contributed by atoms with E-state index in [0.717, 1.165) is 5.69 Å². The van der Waals surface area contributed by atoms with Crippen molar-refractivity contribution in [2.75, 3.05) is 62.8 Å². The fourth-order valence-corrected chi connectivity index (χ4v) is 5.80. The lowest BCUT2D eigenvalue weighted by Gasteiger charge is -2.31. The van der Waals surface area contributed by atoms with Crippen LogP contribution in [-0.4, -0.2) is 81.1 Å². The van der Waals surface area contributed by atoms with E-state index in [1.165, 1.54) is 16.4 Å². The maximum atomic E-state index is 13.3. The van der Waals surface area contributed by atoms with E-state index in [1.807, 2.05) is 0 Å². The summed E-state index contributed by atoms with van der Waals surface area (Å²) < 4.78 is 38.7. The molecule has 204 valence electrons. The van der Waals surface area contributed by atoms with Crippen LogP contribution in [-0.2, 0) is 19.5 Å². The van der Waals surface area contributed by atoms with Crippen molar-refractivity contribution in [3.63, 3.8) is 0 Å². The quantitative estimate of drug-likeness (QED) is 0.217. The molecule has 0 unspecified atom stereocenters. The predicted octanol–water partition coefficient (Wildman–Crippen LogP) is 2.82. The van der Waals surface area contributed by atoms with Gasteiger partial charge in [-0.2, -0.15) is 9.41 Å². The maximum absolute atomic E-state index is 13.3. The molecule has 0 radical (unpaired) electrons. The van der Waals surface area contributed by atoms with Gasteiger partial charge in [-0.15, -0.1) is 0 Å². The third-order valence-corrected chi connectivity index (χ3v) is 8.47. The Morgan fingerprint density at radius 3 is 2.39 bits per heavy atom. The number of sulfonamides is 1. The van der Waals surface area contributed by atoms with Crippen LogP contribution in [0.3, 0.4) is 0 Å². The predicted molar refractivity (Wildman–Crippen MR) is 149 cm³/mol. The van der Waals surface area contributed by atoms with Crippen molar-refractivity contribution >= 4 is 61.7 Å². The topological polar surface area (TPSA) is 139 Å². The van der Waals surface area contributed by atoms with Crippen LogP contribution < -0.4 is 15.6 Å². The lowest BCUT2D eigenvalue weighted by Crippen LogP contribution is -2.40. The number of rotatable bonds is 7. The van der Waals surface area contributed by atoms with Gasteiger partial charge >= 0.3 is 0 Å². The van der Waals surface area contributed by atoms with E-state index >= 15 is 0 Å². The standard InChI is InChI=1S/C23H27ClN6O6S2/c1-16(17-2-4-19(24)22(14-17)30(31)32)26-27-23(37)25-20-15-18(38(33,34)29-8-12-36-13-9-29)3-5-21(20)28-6-10-35-11-7-28/h2-5,14-15H,6-13H2,1H3,(H2,25,27,37). The first-order valence-electron chi connectivity index (χ1n) is 11.8. The number of hydrogen-bond donors (Lipinski definition) is 2. The zero-order valence-electron chi connectivity index (χ0n) is 20.6. The summed E-state index contributed by atoms with van der Waals surface area (Å²) >= 11 is 11.3. The Bertz CT molecular complexity index is 1340. The Labute approximate surface area is 230 Å². The number of nitrogens with zero attached hydrogens (tertiary/aromatic N) is 4. The smallest absolute Gasteiger partial charge is 0.288 e. The molecule has 0 bridgehead atoms. The highest BCUT2D eigenvalue weighted by molar-refractivity contribution is 7.89. The summed E-state index contributed by atoms with van der Waals surface area (Å²) in [5.41, 5.74) is 4.69. The van der Waals surface area contributed by atoms with E-state index in [9.17, 15) is 18.5 Å². The molecule has 15 heteroatoms. The molecular formula is C23H27ClN6O6S2. The van der Waals surface area contributed by atoms with Gasteiger partial charge in [0.1, 0.15) is 5.02 Å². The number of morpholine rings is 2. The SMILES string of the molecule is CC(=NNC(=S)Nc1cc(S(=O)(=O)N2CCOCC2)ccc1N1CCOCC1)c1ccc(Cl)c([N+](=O)[O-])c1. The van der Waals surface area contributed by atoms with Crippen LogP contribution in [0.25, 0.3) is 0 Å². The molecule has 0 amide bonds. The highest BCUT2D eigenvalue weighted by Crippen LogP contribution is 2.31. The van der Waals surface area contributed by atoms with Gasteiger partial charge in [-0.3, -0.25) is 15.5 Å². The molecule has 2 aliphatic heterocycles.